The van der Waals surface area contributed by atoms with Gasteiger partial charge in [0.05, 0.1) is 11.6 Å². The van der Waals surface area contributed by atoms with Gasteiger partial charge in [-0.25, -0.2) is 0 Å². The van der Waals surface area contributed by atoms with Gasteiger partial charge in [0.2, 0.25) is 0 Å². The molecule has 0 aromatic heterocycles. The normalized spacial score (nSPS) is 16.7. The summed E-state index contributed by atoms with van der Waals surface area (Å²) in [5.74, 6) is 1.78. The molecule has 1 atom stereocenters. The highest BCUT2D eigenvalue weighted by Crippen LogP contribution is 2.39. The van der Waals surface area contributed by atoms with E-state index in [0.29, 0.717) is 5.92 Å². The Kier molecular flexibility index (Phi) is 4.28. The smallest absolute Gasteiger partial charge is 0.0991 e. The van der Waals surface area contributed by atoms with Crippen molar-refractivity contribution in [3.63, 3.8) is 0 Å². The molecule has 0 N–H and O–H groups in total. The molecule has 0 saturated heterocycles. The predicted octanol–water partition coefficient (Wildman–Crippen LogP) is 3.88. The van der Waals surface area contributed by atoms with Crippen molar-refractivity contribution in [2.45, 2.75) is 17.4 Å². The number of hydrogen-bond donors (Lipinski definition) is 0. The second-order valence-electron chi connectivity index (χ2n) is 5.55. The van der Waals surface area contributed by atoms with Gasteiger partial charge in [-0.2, -0.15) is 5.26 Å². The maximum Gasteiger partial charge on any atom is 0.0991 e. The summed E-state index contributed by atoms with van der Waals surface area (Å²) in [7, 11) is 2.16. The fourth-order valence-electron chi connectivity index (χ4n) is 2.87. The van der Waals surface area contributed by atoms with Gasteiger partial charge in [-0.15, -0.1) is 11.8 Å². The Bertz CT molecular complexity index is 675. The molecule has 0 radical (unpaired) electrons. The summed E-state index contributed by atoms with van der Waals surface area (Å²) < 4.78 is 0. The summed E-state index contributed by atoms with van der Waals surface area (Å²) in [6.07, 6.45) is 0. The minimum Gasteiger partial charge on any atom is -0.301 e. The lowest BCUT2D eigenvalue weighted by molar-refractivity contribution is 0.311. The molecule has 1 heterocycles. The fourth-order valence-corrected chi connectivity index (χ4v) is 4.11. The molecule has 1 unspecified atom stereocenters. The molecule has 21 heavy (non-hydrogen) atoms. The van der Waals surface area contributed by atoms with E-state index in [0.717, 1.165) is 18.7 Å². The van der Waals surface area contributed by atoms with Crippen LogP contribution in [0.2, 0.25) is 0 Å². The van der Waals surface area contributed by atoms with Crippen LogP contribution in [0.4, 0.5) is 0 Å². The molecule has 0 spiro atoms. The second kappa shape index (κ2) is 6.34. The maximum absolute atomic E-state index is 8.97. The molecule has 3 rings (SSSR count). The van der Waals surface area contributed by atoms with E-state index in [9.17, 15) is 0 Å². The molecule has 2 aromatic carbocycles. The quantitative estimate of drug-likeness (QED) is 0.856. The van der Waals surface area contributed by atoms with E-state index >= 15 is 0 Å². The first-order valence-electron chi connectivity index (χ1n) is 7.15. The van der Waals surface area contributed by atoms with Crippen LogP contribution < -0.4 is 0 Å². The minimum atomic E-state index is 0.607. The third-order valence-electron chi connectivity index (χ3n) is 3.84. The first-order valence-corrected chi connectivity index (χ1v) is 8.14. The van der Waals surface area contributed by atoms with E-state index in [2.05, 4.69) is 48.3 Å². The molecule has 0 amide bonds. The van der Waals surface area contributed by atoms with Crippen molar-refractivity contribution in [1.29, 1.82) is 5.26 Å². The van der Waals surface area contributed by atoms with Crippen LogP contribution in [0, 0.1) is 11.3 Å². The molecular weight excluding hydrogens is 276 g/mol. The van der Waals surface area contributed by atoms with Gasteiger partial charge in [0, 0.05) is 29.7 Å². The minimum absolute atomic E-state index is 0.607. The molecule has 1 aliphatic rings. The van der Waals surface area contributed by atoms with Crippen molar-refractivity contribution in [3.8, 4) is 6.07 Å². The number of fused-ring (bicyclic) bond motifs is 1. The Morgan fingerprint density at radius 2 is 2.10 bits per heavy atom. The first kappa shape index (κ1) is 14.2. The lowest BCUT2D eigenvalue weighted by atomic mass is 10.0. The molecule has 2 aromatic rings. The van der Waals surface area contributed by atoms with E-state index in [-0.39, 0.29) is 0 Å². The molecule has 1 aliphatic heterocycles. The van der Waals surface area contributed by atoms with Crippen LogP contribution in [0.25, 0.3) is 0 Å². The summed E-state index contributed by atoms with van der Waals surface area (Å²) in [6, 6.07) is 18.8. The Hall–Kier alpha value is -1.76. The van der Waals surface area contributed by atoms with Crippen LogP contribution in [0.3, 0.4) is 0 Å². The molecule has 3 heteroatoms. The van der Waals surface area contributed by atoms with Gasteiger partial charge in [0.1, 0.15) is 0 Å². The maximum atomic E-state index is 8.97. The van der Waals surface area contributed by atoms with Crippen molar-refractivity contribution in [2.24, 2.45) is 0 Å². The second-order valence-corrected chi connectivity index (χ2v) is 6.62. The standard InChI is InChI=1S/C18H18N2S/c1-20(11-15-6-4-5-14(9-15)10-19)12-16-13-21-18-8-3-2-7-17(16)18/h2-9,16H,11-13H2,1H3. The topological polar surface area (TPSA) is 27.0 Å². The van der Waals surface area contributed by atoms with Crippen LogP contribution in [0.5, 0.6) is 0 Å². The van der Waals surface area contributed by atoms with Crippen molar-refractivity contribution in [1.82, 2.24) is 4.90 Å². The van der Waals surface area contributed by atoms with Crippen molar-refractivity contribution in [2.75, 3.05) is 19.3 Å². The fraction of sp³-hybridized carbons (Fsp3) is 0.278. The zero-order valence-electron chi connectivity index (χ0n) is 12.1. The number of likely N-dealkylation sites (N-methyl/N-ethyl adjacent to an activating group) is 1. The number of rotatable bonds is 4. The largest absolute Gasteiger partial charge is 0.301 e. The Balaban J connectivity index is 1.65. The molecule has 0 bridgehead atoms. The van der Waals surface area contributed by atoms with Crippen molar-refractivity contribution >= 4 is 11.8 Å². The first-order chi connectivity index (χ1) is 10.3. The predicted molar refractivity (Wildman–Crippen MR) is 87.4 cm³/mol. The molecule has 2 nitrogen and oxygen atoms in total. The van der Waals surface area contributed by atoms with E-state index in [1.165, 1.54) is 21.8 Å². The number of nitrogens with zero attached hydrogens (tertiary/aromatic N) is 2. The zero-order valence-corrected chi connectivity index (χ0v) is 12.9. The summed E-state index contributed by atoms with van der Waals surface area (Å²) >= 11 is 1.96. The summed E-state index contributed by atoms with van der Waals surface area (Å²) in [6.45, 7) is 1.94. The Labute approximate surface area is 130 Å². The molecule has 0 saturated carbocycles. The summed E-state index contributed by atoms with van der Waals surface area (Å²) in [4.78, 5) is 3.78. The highest BCUT2D eigenvalue weighted by atomic mass is 32.2. The van der Waals surface area contributed by atoms with Gasteiger partial charge < -0.3 is 4.90 Å². The number of nitriles is 1. The van der Waals surface area contributed by atoms with E-state index in [1.54, 1.807) is 0 Å². The summed E-state index contributed by atoms with van der Waals surface area (Å²) in [5, 5.41) is 8.97. The highest BCUT2D eigenvalue weighted by molar-refractivity contribution is 7.99. The van der Waals surface area contributed by atoms with Crippen LogP contribution >= 0.6 is 11.8 Å². The molecule has 106 valence electrons. The third-order valence-corrected chi connectivity index (χ3v) is 5.09. The average Bonchev–Trinajstić information content (AvgIpc) is 2.91. The number of thioether (sulfide) groups is 1. The van der Waals surface area contributed by atoms with Crippen molar-refractivity contribution < 1.29 is 0 Å². The van der Waals surface area contributed by atoms with Crippen LogP contribution in [0.15, 0.2) is 53.4 Å². The monoisotopic (exact) mass is 294 g/mol. The molecular formula is C18H18N2S. The molecule has 0 fully saturated rings. The van der Waals surface area contributed by atoms with Gasteiger partial charge in [-0.3, -0.25) is 0 Å². The average molecular weight is 294 g/mol. The zero-order chi connectivity index (χ0) is 14.7. The lowest BCUT2D eigenvalue weighted by Crippen LogP contribution is -2.24. The van der Waals surface area contributed by atoms with Gasteiger partial charge in [0.15, 0.2) is 0 Å². The number of benzene rings is 2. The van der Waals surface area contributed by atoms with Gasteiger partial charge in [-0.1, -0.05) is 30.3 Å². The van der Waals surface area contributed by atoms with E-state index in [1.807, 2.05) is 30.0 Å². The highest BCUT2D eigenvalue weighted by Gasteiger charge is 2.23. The van der Waals surface area contributed by atoms with Crippen molar-refractivity contribution in [3.05, 3.63) is 65.2 Å². The lowest BCUT2D eigenvalue weighted by Gasteiger charge is -2.21. The molecule has 0 aliphatic carbocycles. The Morgan fingerprint density at radius 3 is 2.95 bits per heavy atom. The number of hydrogen-bond acceptors (Lipinski definition) is 3. The van der Waals surface area contributed by atoms with Gasteiger partial charge in [0.25, 0.3) is 0 Å². The van der Waals surface area contributed by atoms with Gasteiger partial charge >= 0.3 is 0 Å². The Morgan fingerprint density at radius 1 is 1.24 bits per heavy atom. The summed E-state index contributed by atoms with van der Waals surface area (Å²) in [5.41, 5.74) is 3.43. The van der Waals surface area contributed by atoms with Crippen LogP contribution in [-0.2, 0) is 6.54 Å². The van der Waals surface area contributed by atoms with Crippen LogP contribution in [-0.4, -0.2) is 24.2 Å². The third kappa shape index (κ3) is 3.29. The van der Waals surface area contributed by atoms with E-state index in [4.69, 9.17) is 5.26 Å². The van der Waals surface area contributed by atoms with Gasteiger partial charge in [-0.05, 0) is 36.4 Å². The SMILES string of the molecule is CN(Cc1cccc(C#N)c1)CC1CSc2ccccc21. The van der Waals surface area contributed by atoms with E-state index < -0.39 is 0 Å². The van der Waals surface area contributed by atoms with Crippen LogP contribution in [0.1, 0.15) is 22.6 Å².